The van der Waals surface area contributed by atoms with E-state index in [-0.39, 0.29) is 0 Å². The highest BCUT2D eigenvalue weighted by Gasteiger charge is 2.32. The molecule has 1 aliphatic carbocycles. The number of allylic oxidation sites excluding steroid dienone is 1. The van der Waals surface area contributed by atoms with Gasteiger partial charge in [-0.1, -0.05) is 87.9 Å². The zero-order valence-electron chi connectivity index (χ0n) is 16.0. The summed E-state index contributed by atoms with van der Waals surface area (Å²) in [6, 6.07) is 10.8. The number of unbranched alkanes of at least 4 members (excludes halogenated alkanes) is 5. The standard InChI is InChI=1S/C23H37N/c1-4-5-6-7-8-12-15-22-18-23(20(22)2)16-17-24(3)19-21-13-10-9-11-14-21/h9-11,13-14,22-23H,2,4-8,12,15-19H2,1,3H3/t22-,23-/m1/s1. The van der Waals surface area contributed by atoms with Crippen molar-refractivity contribution < 1.29 is 0 Å². The third-order valence-corrected chi connectivity index (χ3v) is 5.68. The lowest BCUT2D eigenvalue weighted by molar-refractivity contribution is 0.234. The first-order chi connectivity index (χ1) is 11.7. The van der Waals surface area contributed by atoms with Gasteiger partial charge in [0.15, 0.2) is 0 Å². The van der Waals surface area contributed by atoms with Crippen molar-refractivity contribution in [3.05, 3.63) is 48.0 Å². The largest absolute Gasteiger partial charge is 0.302 e. The summed E-state index contributed by atoms with van der Waals surface area (Å²) in [5.74, 6) is 1.62. The van der Waals surface area contributed by atoms with Crippen molar-refractivity contribution in [1.29, 1.82) is 0 Å². The van der Waals surface area contributed by atoms with Gasteiger partial charge >= 0.3 is 0 Å². The van der Waals surface area contributed by atoms with Crippen LogP contribution in [0.4, 0.5) is 0 Å². The molecule has 1 aromatic rings. The van der Waals surface area contributed by atoms with E-state index in [4.69, 9.17) is 0 Å². The molecule has 0 bridgehead atoms. The Kier molecular flexibility index (Phi) is 8.59. The van der Waals surface area contributed by atoms with Crippen LogP contribution in [0.3, 0.4) is 0 Å². The molecule has 0 spiro atoms. The molecule has 2 atom stereocenters. The van der Waals surface area contributed by atoms with Crippen LogP contribution in [0, 0.1) is 11.8 Å². The molecule has 24 heavy (non-hydrogen) atoms. The van der Waals surface area contributed by atoms with Crippen molar-refractivity contribution in [3.8, 4) is 0 Å². The van der Waals surface area contributed by atoms with Crippen molar-refractivity contribution in [2.24, 2.45) is 11.8 Å². The Bertz CT molecular complexity index is 464. The number of nitrogens with zero attached hydrogens (tertiary/aromatic N) is 1. The summed E-state index contributed by atoms with van der Waals surface area (Å²) < 4.78 is 0. The third kappa shape index (κ3) is 6.43. The zero-order chi connectivity index (χ0) is 17.2. The predicted octanol–water partition coefficient (Wildman–Crippen LogP) is 6.45. The van der Waals surface area contributed by atoms with Crippen LogP contribution in [0.5, 0.6) is 0 Å². The third-order valence-electron chi connectivity index (χ3n) is 5.68. The first kappa shape index (κ1) is 19.2. The Morgan fingerprint density at radius 3 is 2.33 bits per heavy atom. The minimum absolute atomic E-state index is 0.785. The maximum Gasteiger partial charge on any atom is 0.0230 e. The highest BCUT2D eigenvalue weighted by atomic mass is 15.1. The molecule has 0 amide bonds. The van der Waals surface area contributed by atoms with Crippen molar-refractivity contribution >= 4 is 0 Å². The lowest BCUT2D eigenvalue weighted by Crippen LogP contribution is -2.30. The van der Waals surface area contributed by atoms with E-state index in [9.17, 15) is 0 Å². The molecule has 0 saturated heterocycles. The molecule has 1 heteroatoms. The van der Waals surface area contributed by atoms with Gasteiger partial charge < -0.3 is 4.90 Å². The van der Waals surface area contributed by atoms with E-state index >= 15 is 0 Å². The average molecular weight is 328 g/mol. The summed E-state index contributed by atoms with van der Waals surface area (Å²) >= 11 is 0. The van der Waals surface area contributed by atoms with E-state index in [2.05, 4.69) is 55.8 Å². The lowest BCUT2D eigenvalue weighted by atomic mass is 9.67. The second-order valence-corrected chi connectivity index (χ2v) is 7.77. The molecule has 0 N–H and O–H groups in total. The minimum atomic E-state index is 0.785. The van der Waals surface area contributed by atoms with Gasteiger partial charge in [0, 0.05) is 6.54 Å². The molecular formula is C23H37N. The Balaban J connectivity index is 1.53. The van der Waals surface area contributed by atoms with Crippen LogP contribution in [-0.4, -0.2) is 18.5 Å². The number of rotatable bonds is 12. The van der Waals surface area contributed by atoms with Crippen LogP contribution in [0.1, 0.15) is 70.3 Å². The molecule has 134 valence electrons. The Labute approximate surface area is 150 Å². The lowest BCUT2D eigenvalue weighted by Gasteiger charge is -2.39. The molecular weight excluding hydrogens is 290 g/mol. The maximum absolute atomic E-state index is 4.40. The van der Waals surface area contributed by atoms with Gasteiger partial charge in [0.2, 0.25) is 0 Å². The van der Waals surface area contributed by atoms with Gasteiger partial charge in [-0.25, -0.2) is 0 Å². The molecule has 0 heterocycles. The number of hydrogen-bond acceptors (Lipinski definition) is 1. The van der Waals surface area contributed by atoms with Crippen molar-refractivity contribution in [2.75, 3.05) is 13.6 Å². The fourth-order valence-electron chi connectivity index (χ4n) is 3.95. The first-order valence-electron chi connectivity index (χ1n) is 10.1. The molecule has 1 nitrogen and oxygen atoms in total. The van der Waals surface area contributed by atoms with Gasteiger partial charge in [0.1, 0.15) is 0 Å². The second kappa shape index (κ2) is 10.7. The van der Waals surface area contributed by atoms with Crippen LogP contribution < -0.4 is 0 Å². The summed E-state index contributed by atoms with van der Waals surface area (Å²) in [7, 11) is 2.24. The van der Waals surface area contributed by atoms with E-state index in [1.54, 1.807) is 5.57 Å². The summed E-state index contributed by atoms with van der Waals surface area (Å²) in [6.45, 7) is 8.92. The average Bonchev–Trinajstić information content (AvgIpc) is 2.59. The molecule has 1 aromatic carbocycles. The topological polar surface area (TPSA) is 3.24 Å². The van der Waals surface area contributed by atoms with E-state index in [1.807, 2.05) is 0 Å². The highest BCUT2D eigenvalue weighted by molar-refractivity contribution is 5.16. The fraction of sp³-hybridized carbons (Fsp3) is 0.652. The monoisotopic (exact) mass is 327 g/mol. The SMILES string of the molecule is C=C1[C@H](CCCCCCCC)C[C@H]1CCN(C)Cc1ccccc1. The highest BCUT2D eigenvalue weighted by Crippen LogP contribution is 2.43. The Morgan fingerprint density at radius 2 is 1.62 bits per heavy atom. The van der Waals surface area contributed by atoms with Gasteiger partial charge in [0.25, 0.3) is 0 Å². The summed E-state index contributed by atoms with van der Waals surface area (Å²) in [5.41, 5.74) is 2.96. The molecule has 1 saturated carbocycles. The minimum Gasteiger partial charge on any atom is -0.302 e. The summed E-state index contributed by atoms with van der Waals surface area (Å²) in [6.07, 6.45) is 12.5. The van der Waals surface area contributed by atoms with Crippen LogP contribution in [-0.2, 0) is 6.54 Å². The van der Waals surface area contributed by atoms with E-state index in [0.29, 0.717) is 0 Å². The van der Waals surface area contributed by atoms with Gasteiger partial charge in [-0.2, -0.15) is 0 Å². The van der Waals surface area contributed by atoms with Gasteiger partial charge in [0.05, 0.1) is 0 Å². The molecule has 1 aliphatic rings. The Hall–Kier alpha value is -1.08. The van der Waals surface area contributed by atoms with Gasteiger partial charge in [-0.15, -0.1) is 0 Å². The molecule has 2 rings (SSSR count). The number of hydrogen-bond donors (Lipinski definition) is 0. The van der Waals surface area contributed by atoms with Crippen molar-refractivity contribution in [1.82, 2.24) is 4.90 Å². The van der Waals surface area contributed by atoms with Crippen LogP contribution in [0.25, 0.3) is 0 Å². The van der Waals surface area contributed by atoms with E-state index in [0.717, 1.165) is 18.4 Å². The normalized spacial score (nSPS) is 20.4. The molecule has 1 fully saturated rings. The first-order valence-corrected chi connectivity index (χ1v) is 10.1. The smallest absolute Gasteiger partial charge is 0.0230 e. The van der Waals surface area contributed by atoms with Crippen molar-refractivity contribution in [2.45, 2.75) is 71.3 Å². The van der Waals surface area contributed by atoms with Crippen LogP contribution in [0.2, 0.25) is 0 Å². The van der Waals surface area contributed by atoms with Crippen molar-refractivity contribution in [3.63, 3.8) is 0 Å². The van der Waals surface area contributed by atoms with Crippen LogP contribution >= 0.6 is 0 Å². The van der Waals surface area contributed by atoms with Crippen LogP contribution in [0.15, 0.2) is 42.5 Å². The number of benzene rings is 1. The Morgan fingerprint density at radius 1 is 0.958 bits per heavy atom. The quantitative estimate of drug-likeness (QED) is 0.315. The van der Waals surface area contributed by atoms with Gasteiger partial charge in [-0.05, 0) is 50.3 Å². The molecule has 0 aliphatic heterocycles. The maximum atomic E-state index is 4.40. The zero-order valence-corrected chi connectivity index (χ0v) is 16.0. The summed E-state index contributed by atoms with van der Waals surface area (Å²) in [5, 5.41) is 0. The molecule has 0 radical (unpaired) electrons. The molecule has 0 unspecified atom stereocenters. The van der Waals surface area contributed by atoms with E-state index < -0.39 is 0 Å². The van der Waals surface area contributed by atoms with E-state index in [1.165, 1.54) is 69.9 Å². The second-order valence-electron chi connectivity index (χ2n) is 7.77. The fourth-order valence-corrected chi connectivity index (χ4v) is 3.95. The molecule has 0 aromatic heterocycles. The summed E-state index contributed by atoms with van der Waals surface area (Å²) in [4.78, 5) is 2.45. The predicted molar refractivity (Wildman–Crippen MR) is 106 cm³/mol. The van der Waals surface area contributed by atoms with Gasteiger partial charge in [-0.3, -0.25) is 0 Å².